The molecule has 1 heterocycles. The Morgan fingerprint density at radius 2 is 1.73 bits per heavy atom. The van der Waals surface area contributed by atoms with Crippen molar-refractivity contribution in [3.8, 4) is 0 Å². The average molecular weight is 560 g/mol. The van der Waals surface area contributed by atoms with Crippen LogP contribution in [0, 0.1) is 5.92 Å². The molecule has 1 atom stereocenters. The van der Waals surface area contributed by atoms with Gasteiger partial charge in [0.05, 0.1) is 18.0 Å². The van der Waals surface area contributed by atoms with Crippen LogP contribution in [0.15, 0.2) is 77.9 Å². The molecule has 5 rings (SSSR count). The van der Waals surface area contributed by atoms with Crippen LogP contribution in [-0.2, 0) is 27.4 Å². The molecular formula is C31H30ClN3O5. The number of hydrogen-bond donors (Lipinski definition) is 2. The Balaban J connectivity index is 1.28. The molecular weight excluding hydrogens is 530 g/mol. The lowest BCUT2D eigenvalue weighted by Crippen LogP contribution is -2.36. The van der Waals surface area contributed by atoms with Crippen molar-refractivity contribution in [1.82, 2.24) is 10.3 Å². The van der Waals surface area contributed by atoms with Gasteiger partial charge in [-0.05, 0) is 65.8 Å². The molecule has 3 aromatic rings. The minimum atomic E-state index is -0.980. The summed E-state index contributed by atoms with van der Waals surface area (Å²) in [7, 11) is 0. The number of carbonyl (C=O) groups is 3. The SMILES string of the molecule is O=C(O)c1ccc(CNC(=O)C(c2ccc(CN3N=C(c4cccc(Cl)c4)OCC3=O)cc2)C2CCCC2)cc1. The Kier molecular flexibility index (Phi) is 8.45. The number of carboxylic acids is 1. The molecule has 40 heavy (non-hydrogen) atoms. The summed E-state index contributed by atoms with van der Waals surface area (Å²) in [6, 6.07) is 21.4. The monoisotopic (exact) mass is 559 g/mol. The van der Waals surface area contributed by atoms with E-state index in [1.54, 1.807) is 30.3 Å². The first-order chi connectivity index (χ1) is 19.4. The normalized spacial score (nSPS) is 16.3. The largest absolute Gasteiger partial charge is 0.478 e. The molecule has 1 aliphatic heterocycles. The lowest BCUT2D eigenvalue weighted by Gasteiger charge is -2.25. The maximum atomic E-state index is 13.4. The van der Waals surface area contributed by atoms with E-state index < -0.39 is 5.97 Å². The van der Waals surface area contributed by atoms with Gasteiger partial charge in [-0.25, -0.2) is 9.80 Å². The lowest BCUT2D eigenvalue weighted by atomic mass is 9.83. The molecule has 0 aromatic heterocycles. The van der Waals surface area contributed by atoms with Crippen molar-refractivity contribution < 1.29 is 24.2 Å². The van der Waals surface area contributed by atoms with Gasteiger partial charge in [-0.15, -0.1) is 5.10 Å². The van der Waals surface area contributed by atoms with Crippen molar-refractivity contribution >= 4 is 35.3 Å². The van der Waals surface area contributed by atoms with Crippen LogP contribution < -0.4 is 5.32 Å². The molecule has 0 saturated heterocycles. The fourth-order valence-corrected chi connectivity index (χ4v) is 5.47. The predicted octanol–water partition coefficient (Wildman–Crippen LogP) is 5.35. The molecule has 206 valence electrons. The van der Waals surface area contributed by atoms with E-state index in [0.717, 1.165) is 42.4 Å². The molecule has 1 fully saturated rings. The van der Waals surface area contributed by atoms with Crippen molar-refractivity contribution in [2.75, 3.05) is 6.61 Å². The topological polar surface area (TPSA) is 108 Å². The summed E-state index contributed by atoms with van der Waals surface area (Å²) in [6.07, 6.45) is 4.21. The third-order valence-corrected chi connectivity index (χ3v) is 7.63. The van der Waals surface area contributed by atoms with E-state index in [1.165, 1.54) is 17.1 Å². The molecule has 0 radical (unpaired) electrons. The number of carbonyl (C=O) groups excluding carboxylic acids is 2. The van der Waals surface area contributed by atoms with E-state index >= 15 is 0 Å². The van der Waals surface area contributed by atoms with Crippen LogP contribution >= 0.6 is 11.6 Å². The van der Waals surface area contributed by atoms with E-state index in [2.05, 4.69) is 10.4 Å². The van der Waals surface area contributed by atoms with Gasteiger partial charge in [-0.1, -0.05) is 66.9 Å². The number of aromatic carboxylic acids is 1. The summed E-state index contributed by atoms with van der Waals surface area (Å²) in [5, 5.41) is 18.5. The second kappa shape index (κ2) is 12.3. The molecule has 1 aliphatic carbocycles. The van der Waals surface area contributed by atoms with Gasteiger partial charge in [0.1, 0.15) is 0 Å². The van der Waals surface area contributed by atoms with Crippen LogP contribution in [-0.4, -0.2) is 40.4 Å². The maximum Gasteiger partial charge on any atom is 0.335 e. The van der Waals surface area contributed by atoms with Crippen LogP contribution in [0.5, 0.6) is 0 Å². The molecule has 0 spiro atoms. The van der Waals surface area contributed by atoms with Crippen LogP contribution in [0.2, 0.25) is 5.02 Å². The van der Waals surface area contributed by atoms with Crippen molar-refractivity contribution in [2.24, 2.45) is 11.0 Å². The van der Waals surface area contributed by atoms with Gasteiger partial charge in [0.2, 0.25) is 11.8 Å². The lowest BCUT2D eigenvalue weighted by molar-refractivity contribution is -0.136. The summed E-state index contributed by atoms with van der Waals surface area (Å²) in [6.45, 7) is 0.498. The summed E-state index contributed by atoms with van der Waals surface area (Å²) in [5.41, 5.74) is 3.57. The van der Waals surface area contributed by atoms with Gasteiger partial charge in [0.15, 0.2) is 6.61 Å². The van der Waals surface area contributed by atoms with Crippen LogP contribution in [0.1, 0.15) is 64.2 Å². The molecule has 2 amide bonds. The second-order valence-electron chi connectivity index (χ2n) is 10.1. The molecule has 2 N–H and O–H groups in total. The van der Waals surface area contributed by atoms with E-state index in [0.29, 0.717) is 23.0 Å². The molecule has 3 aromatic carbocycles. The van der Waals surface area contributed by atoms with Crippen molar-refractivity contribution in [3.63, 3.8) is 0 Å². The van der Waals surface area contributed by atoms with Crippen molar-refractivity contribution in [2.45, 2.75) is 44.7 Å². The number of rotatable bonds is 9. The zero-order chi connectivity index (χ0) is 28.1. The first kappa shape index (κ1) is 27.4. The van der Waals surface area contributed by atoms with Gasteiger partial charge < -0.3 is 15.2 Å². The summed E-state index contributed by atoms with van der Waals surface area (Å²) < 4.78 is 5.53. The Morgan fingerprint density at radius 3 is 2.40 bits per heavy atom. The van der Waals surface area contributed by atoms with Crippen LogP contribution in [0.3, 0.4) is 0 Å². The summed E-state index contributed by atoms with van der Waals surface area (Å²) in [4.78, 5) is 37.0. The average Bonchev–Trinajstić information content (AvgIpc) is 3.49. The van der Waals surface area contributed by atoms with E-state index in [4.69, 9.17) is 21.4 Å². The number of carboxylic acid groups (broad SMARTS) is 1. The zero-order valence-electron chi connectivity index (χ0n) is 21.9. The Bertz CT molecular complexity index is 1420. The van der Waals surface area contributed by atoms with Gasteiger partial charge in [-0.3, -0.25) is 9.59 Å². The third kappa shape index (κ3) is 6.51. The number of nitrogens with one attached hydrogen (secondary N) is 1. The Hall–Kier alpha value is -4.17. The smallest absolute Gasteiger partial charge is 0.335 e. The molecule has 8 nitrogen and oxygen atoms in total. The van der Waals surface area contributed by atoms with Crippen LogP contribution in [0.25, 0.3) is 0 Å². The van der Waals surface area contributed by atoms with Crippen LogP contribution in [0.4, 0.5) is 0 Å². The first-order valence-corrected chi connectivity index (χ1v) is 13.7. The minimum absolute atomic E-state index is 0.0407. The minimum Gasteiger partial charge on any atom is -0.478 e. The van der Waals surface area contributed by atoms with Gasteiger partial charge >= 0.3 is 5.97 Å². The molecule has 2 aliphatic rings. The molecule has 1 unspecified atom stereocenters. The number of halogens is 1. The second-order valence-corrected chi connectivity index (χ2v) is 10.6. The van der Waals surface area contributed by atoms with Gasteiger partial charge in [0.25, 0.3) is 5.91 Å². The van der Waals surface area contributed by atoms with Crippen molar-refractivity contribution in [3.05, 3.63) is 106 Å². The number of hydrogen-bond acceptors (Lipinski definition) is 5. The highest BCUT2D eigenvalue weighted by Crippen LogP contribution is 2.37. The standard InChI is InChI=1S/C31H30ClN3O5/c32-26-7-3-6-25(16-26)30-34-35(27(36)19-40-30)18-21-10-12-23(13-11-21)28(22-4-1-2-5-22)29(37)33-17-20-8-14-24(15-9-20)31(38)39/h3,6-16,22,28H,1-2,4-5,17-19H2,(H,33,37)(H,38,39). The molecule has 0 bridgehead atoms. The first-order valence-electron chi connectivity index (χ1n) is 13.3. The van der Waals surface area contributed by atoms with Crippen molar-refractivity contribution in [1.29, 1.82) is 0 Å². The van der Waals surface area contributed by atoms with E-state index in [-0.39, 0.29) is 42.4 Å². The summed E-state index contributed by atoms with van der Waals surface area (Å²) >= 11 is 6.10. The molecule has 9 heteroatoms. The molecule has 1 saturated carbocycles. The predicted molar refractivity (Wildman–Crippen MR) is 151 cm³/mol. The number of benzene rings is 3. The number of nitrogens with zero attached hydrogens (tertiary/aromatic N) is 2. The highest BCUT2D eigenvalue weighted by Gasteiger charge is 2.32. The third-order valence-electron chi connectivity index (χ3n) is 7.40. The number of amides is 2. The fraction of sp³-hybridized carbons (Fsp3) is 0.290. The van der Waals surface area contributed by atoms with Gasteiger partial charge in [0, 0.05) is 17.1 Å². The number of ether oxygens (including phenoxy) is 1. The Morgan fingerprint density at radius 1 is 1.02 bits per heavy atom. The summed E-state index contributed by atoms with van der Waals surface area (Å²) in [5.74, 6) is -0.949. The fourth-order valence-electron chi connectivity index (χ4n) is 5.28. The number of hydrazone groups is 1. The highest BCUT2D eigenvalue weighted by atomic mass is 35.5. The van der Waals surface area contributed by atoms with E-state index in [9.17, 15) is 14.4 Å². The Labute approximate surface area is 237 Å². The van der Waals surface area contributed by atoms with E-state index in [1.807, 2.05) is 30.3 Å². The highest BCUT2D eigenvalue weighted by molar-refractivity contribution is 6.31. The van der Waals surface area contributed by atoms with Gasteiger partial charge in [-0.2, -0.15) is 0 Å². The quantitative estimate of drug-likeness (QED) is 0.367. The zero-order valence-corrected chi connectivity index (χ0v) is 22.6. The maximum absolute atomic E-state index is 13.4.